The lowest BCUT2D eigenvalue weighted by atomic mass is 9.84. The number of fused-ring (bicyclic) bond motifs is 1. The number of aromatic amines is 1. The van der Waals surface area contributed by atoms with Gasteiger partial charge in [0.15, 0.2) is 0 Å². The topological polar surface area (TPSA) is 75.1 Å². The lowest BCUT2D eigenvalue weighted by molar-refractivity contribution is 0.0698. The number of nitrogens with zero attached hydrogens (tertiary/aromatic N) is 1. The van der Waals surface area contributed by atoms with Gasteiger partial charge in [0.2, 0.25) is 0 Å². The lowest BCUT2D eigenvalue weighted by Gasteiger charge is -2.40. The molecule has 0 spiro atoms. The number of carboxylic acid groups (broad SMARTS) is 1. The summed E-state index contributed by atoms with van der Waals surface area (Å²) in [5.41, 5.74) is 1.04. The summed E-state index contributed by atoms with van der Waals surface area (Å²) in [7, 11) is 0. The van der Waals surface area contributed by atoms with Gasteiger partial charge in [-0.3, -0.25) is 4.57 Å². The number of hydrogen-bond donors (Lipinski definition) is 2. The molecule has 1 aromatic carbocycles. The van der Waals surface area contributed by atoms with Crippen molar-refractivity contribution in [2.24, 2.45) is 0 Å². The molecule has 6 heteroatoms. The Hall–Kier alpha value is -1.69. The average Bonchev–Trinajstić information content (AvgIpc) is 2.69. The van der Waals surface area contributed by atoms with Crippen LogP contribution in [0.5, 0.6) is 0 Å². The summed E-state index contributed by atoms with van der Waals surface area (Å²) in [6.45, 7) is 0.567. The zero-order chi connectivity index (χ0) is 14.3. The molecule has 1 aliphatic carbocycles. The van der Waals surface area contributed by atoms with Crippen molar-refractivity contribution in [2.45, 2.75) is 30.6 Å². The monoisotopic (exact) mass is 292 g/mol. The summed E-state index contributed by atoms with van der Waals surface area (Å²) in [5.74, 6) is -1.00. The van der Waals surface area contributed by atoms with Gasteiger partial charge in [-0.25, -0.2) is 9.59 Å². The van der Waals surface area contributed by atoms with E-state index >= 15 is 0 Å². The maximum atomic E-state index is 12.2. The van der Waals surface area contributed by atoms with Crippen LogP contribution in [0, 0.1) is 0 Å². The Morgan fingerprint density at radius 2 is 2.25 bits per heavy atom. The normalized spacial score (nSPS) is 17.1. The van der Waals surface area contributed by atoms with Gasteiger partial charge in [0, 0.05) is 11.3 Å². The van der Waals surface area contributed by atoms with Crippen molar-refractivity contribution in [1.82, 2.24) is 9.55 Å². The molecule has 1 heterocycles. The highest BCUT2D eigenvalue weighted by molar-refractivity contribution is 8.00. The van der Waals surface area contributed by atoms with Crippen LogP contribution in [0.15, 0.2) is 23.0 Å². The van der Waals surface area contributed by atoms with Crippen molar-refractivity contribution >= 4 is 28.8 Å². The molecule has 1 aromatic heterocycles. The first-order valence-corrected chi connectivity index (χ1v) is 7.79. The van der Waals surface area contributed by atoms with Crippen molar-refractivity contribution in [1.29, 1.82) is 0 Å². The highest BCUT2D eigenvalue weighted by Crippen LogP contribution is 2.44. The Morgan fingerprint density at radius 3 is 2.80 bits per heavy atom. The number of H-pyrrole nitrogens is 1. The fourth-order valence-electron chi connectivity index (χ4n) is 2.83. The number of imidazole rings is 1. The molecule has 0 amide bonds. The number of benzene rings is 1. The van der Waals surface area contributed by atoms with E-state index in [1.165, 1.54) is 6.42 Å². The predicted octanol–water partition coefficient (Wildman–Crippen LogP) is 2.31. The van der Waals surface area contributed by atoms with Gasteiger partial charge in [0.05, 0.1) is 16.6 Å². The van der Waals surface area contributed by atoms with Gasteiger partial charge in [-0.05, 0) is 31.2 Å². The molecular weight excluding hydrogens is 276 g/mol. The molecule has 1 saturated carbocycles. The van der Waals surface area contributed by atoms with Crippen LogP contribution in [0.3, 0.4) is 0 Å². The number of thioether (sulfide) groups is 1. The van der Waals surface area contributed by atoms with E-state index in [-0.39, 0.29) is 16.0 Å². The van der Waals surface area contributed by atoms with Crippen molar-refractivity contribution in [3.63, 3.8) is 0 Å². The summed E-state index contributed by atoms with van der Waals surface area (Å²) in [6, 6.07) is 4.94. The van der Waals surface area contributed by atoms with Crippen molar-refractivity contribution in [2.75, 3.05) is 6.26 Å². The standard InChI is InChI=1S/C14H16N2O3S/c1-20-14(6-3-7-14)8-16-11-9(12(17)18)4-2-5-10(11)15-13(16)19/h2,4-5H,3,6-8H2,1H3,(H,15,19)(H,17,18). The van der Waals surface area contributed by atoms with E-state index in [4.69, 9.17) is 0 Å². The van der Waals surface area contributed by atoms with Gasteiger partial charge < -0.3 is 10.1 Å². The summed E-state index contributed by atoms with van der Waals surface area (Å²) < 4.78 is 1.67. The molecule has 1 fully saturated rings. The SMILES string of the molecule is CSC1(Cn2c(=O)[nH]c3cccc(C(=O)O)c32)CCC1. The van der Waals surface area contributed by atoms with Crippen LogP contribution in [0.2, 0.25) is 0 Å². The Labute approximate surface area is 120 Å². The molecule has 2 aromatic rings. The van der Waals surface area contributed by atoms with E-state index in [2.05, 4.69) is 11.2 Å². The first-order valence-electron chi connectivity index (χ1n) is 6.56. The van der Waals surface area contributed by atoms with Gasteiger partial charge in [0.25, 0.3) is 0 Å². The second-order valence-electron chi connectivity index (χ2n) is 5.26. The molecule has 5 nitrogen and oxygen atoms in total. The summed E-state index contributed by atoms with van der Waals surface area (Å²) in [6.07, 6.45) is 5.37. The number of rotatable bonds is 4. The highest BCUT2D eigenvalue weighted by Gasteiger charge is 2.37. The van der Waals surface area contributed by atoms with Gasteiger partial charge in [-0.15, -0.1) is 0 Å². The van der Waals surface area contributed by atoms with Gasteiger partial charge in [-0.2, -0.15) is 11.8 Å². The van der Waals surface area contributed by atoms with Crippen molar-refractivity contribution in [3.8, 4) is 0 Å². The first kappa shape index (κ1) is 13.3. The van der Waals surface area contributed by atoms with Gasteiger partial charge in [0.1, 0.15) is 0 Å². The Morgan fingerprint density at radius 1 is 1.50 bits per heavy atom. The molecule has 3 rings (SSSR count). The third-order valence-corrected chi connectivity index (χ3v) is 5.57. The largest absolute Gasteiger partial charge is 0.478 e. The third-order valence-electron chi connectivity index (χ3n) is 4.17. The quantitative estimate of drug-likeness (QED) is 0.906. The number of carboxylic acids is 1. The Kier molecular flexibility index (Phi) is 3.12. The first-order chi connectivity index (χ1) is 9.56. The number of carbonyl (C=O) groups is 1. The van der Waals surface area contributed by atoms with Crippen LogP contribution in [-0.4, -0.2) is 31.6 Å². The second-order valence-corrected chi connectivity index (χ2v) is 6.54. The molecule has 0 bridgehead atoms. The minimum atomic E-state index is -1.00. The number of nitrogens with one attached hydrogen (secondary N) is 1. The maximum Gasteiger partial charge on any atom is 0.337 e. The van der Waals surface area contributed by atoms with Crippen LogP contribution in [0.4, 0.5) is 0 Å². The molecule has 20 heavy (non-hydrogen) atoms. The van der Waals surface area contributed by atoms with E-state index in [0.29, 0.717) is 17.6 Å². The van der Waals surface area contributed by atoms with E-state index in [9.17, 15) is 14.7 Å². The number of hydrogen-bond acceptors (Lipinski definition) is 3. The summed E-state index contributed by atoms with van der Waals surface area (Å²) in [5, 5.41) is 9.31. The minimum Gasteiger partial charge on any atom is -0.478 e. The van der Waals surface area contributed by atoms with E-state index in [1.54, 1.807) is 34.5 Å². The lowest BCUT2D eigenvalue weighted by Crippen LogP contribution is -2.40. The van der Waals surface area contributed by atoms with Gasteiger partial charge in [-0.1, -0.05) is 12.5 Å². The Balaban J connectivity index is 2.17. The van der Waals surface area contributed by atoms with Crippen LogP contribution >= 0.6 is 11.8 Å². The van der Waals surface area contributed by atoms with E-state index < -0.39 is 5.97 Å². The molecule has 2 N–H and O–H groups in total. The Bertz CT molecular complexity index is 722. The smallest absolute Gasteiger partial charge is 0.337 e. The fourth-order valence-corrected chi connectivity index (χ4v) is 3.78. The summed E-state index contributed by atoms with van der Waals surface area (Å²) >= 11 is 1.77. The third kappa shape index (κ3) is 1.95. The molecule has 0 radical (unpaired) electrons. The van der Waals surface area contributed by atoms with Gasteiger partial charge >= 0.3 is 11.7 Å². The molecule has 106 valence electrons. The van der Waals surface area contributed by atoms with E-state index in [0.717, 1.165) is 12.8 Å². The molecule has 0 saturated heterocycles. The van der Waals surface area contributed by atoms with Crippen molar-refractivity contribution < 1.29 is 9.90 Å². The van der Waals surface area contributed by atoms with Crippen LogP contribution in [0.25, 0.3) is 11.0 Å². The predicted molar refractivity (Wildman–Crippen MR) is 79.6 cm³/mol. The van der Waals surface area contributed by atoms with Crippen LogP contribution in [0.1, 0.15) is 29.6 Å². The molecule has 1 aliphatic rings. The molecule has 0 aliphatic heterocycles. The van der Waals surface area contributed by atoms with E-state index in [1.807, 2.05) is 0 Å². The zero-order valence-electron chi connectivity index (χ0n) is 11.2. The van der Waals surface area contributed by atoms with Crippen molar-refractivity contribution in [3.05, 3.63) is 34.2 Å². The number of aromatic nitrogens is 2. The molecule has 0 atom stereocenters. The number of aromatic carboxylic acids is 1. The van der Waals surface area contributed by atoms with Crippen LogP contribution < -0.4 is 5.69 Å². The average molecular weight is 292 g/mol. The minimum absolute atomic E-state index is 0.0740. The molecule has 0 unspecified atom stereocenters. The van der Waals surface area contributed by atoms with Crippen LogP contribution in [-0.2, 0) is 6.54 Å². The second kappa shape index (κ2) is 4.70. The fraction of sp³-hybridized carbons (Fsp3) is 0.429. The summed E-state index contributed by atoms with van der Waals surface area (Å²) in [4.78, 5) is 26.3. The molecular formula is C14H16N2O3S. The zero-order valence-corrected chi connectivity index (χ0v) is 12.0. The maximum absolute atomic E-state index is 12.2. The number of para-hydroxylation sites is 1. The highest BCUT2D eigenvalue weighted by atomic mass is 32.2.